The molecule has 35 heavy (non-hydrogen) atoms. The topological polar surface area (TPSA) is 60.3 Å². The maximum atomic E-state index is 15.4. The monoisotopic (exact) mass is 470 g/mol. The van der Waals surface area contributed by atoms with Crippen molar-refractivity contribution < 1.29 is 18.3 Å². The van der Waals surface area contributed by atoms with E-state index in [1.807, 2.05) is 34.0 Å². The average Bonchev–Trinajstić information content (AvgIpc) is 3.51. The molecule has 1 fully saturated rings. The van der Waals surface area contributed by atoms with Crippen molar-refractivity contribution in [2.24, 2.45) is 7.05 Å². The van der Waals surface area contributed by atoms with Gasteiger partial charge in [0, 0.05) is 35.7 Å². The Kier molecular flexibility index (Phi) is 4.78. The fourth-order valence-electron chi connectivity index (χ4n) is 4.84. The smallest absolute Gasteiger partial charge is 0.255 e. The van der Waals surface area contributed by atoms with E-state index in [1.54, 1.807) is 30.1 Å². The number of aryl methyl sites for hydroxylation is 1. The fraction of sp³-hybridized carbons (Fsp3) is 0.240. The summed E-state index contributed by atoms with van der Waals surface area (Å²) in [6, 6.07) is 9.64. The summed E-state index contributed by atoms with van der Waals surface area (Å²) in [4.78, 5) is 18.8. The standard InChI is InChI=1S/C25H22B2F2N4O2/c1-32-11-17-15(6-7-21(22(17)31-32)35-14-4-5-14)13-9-19(28)18(20(29)10-13)12-33-24(34)16-3-2-8-30-23(16)25(33,26)27/h2-3,6-11,14H,4-5,12,26-27H2,1H3. The molecule has 174 valence electrons. The first-order chi connectivity index (χ1) is 16.7. The van der Waals surface area contributed by atoms with Crippen LogP contribution in [0.25, 0.3) is 22.0 Å². The number of benzene rings is 2. The number of rotatable bonds is 5. The maximum Gasteiger partial charge on any atom is 0.255 e. The van der Waals surface area contributed by atoms with Crippen LogP contribution in [0.1, 0.15) is 34.5 Å². The van der Waals surface area contributed by atoms with Crippen LogP contribution in [0, 0.1) is 11.6 Å². The number of fused-ring (bicyclic) bond motifs is 2. The molecule has 6 nitrogen and oxygen atoms in total. The van der Waals surface area contributed by atoms with Gasteiger partial charge in [-0.05, 0) is 60.4 Å². The van der Waals surface area contributed by atoms with E-state index in [1.165, 1.54) is 17.0 Å². The molecule has 0 spiro atoms. The van der Waals surface area contributed by atoms with E-state index in [0.717, 1.165) is 18.2 Å². The third kappa shape index (κ3) is 3.50. The highest BCUT2D eigenvalue weighted by Crippen LogP contribution is 2.39. The van der Waals surface area contributed by atoms with Crippen LogP contribution in [-0.4, -0.2) is 47.4 Å². The van der Waals surface area contributed by atoms with E-state index in [4.69, 9.17) is 4.74 Å². The second-order valence-electron chi connectivity index (χ2n) is 9.76. The zero-order chi connectivity index (χ0) is 24.5. The van der Waals surface area contributed by atoms with Crippen molar-refractivity contribution in [2.75, 3.05) is 0 Å². The molecular formula is C25H22B2F2N4O2. The Morgan fingerprint density at radius 2 is 1.89 bits per heavy atom. The summed E-state index contributed by atoms with van der Waals surface area (Å²) in [6.07, 6.45) is 5.69. The molecule has 0 bridgehead atoms. The Morgan fingerprint density at radius 3 is 2.57 bits per heavy atom. The summed E-state index contributed by atoms with van der Waals surface area (Å²) >= 11 is 0. The van der Waals surface area contributed by atoms with Crippen molar-refractivity contribution in [3.8, 4) is 16.9 Å². The summed E-state index contributed by atoms with van der Waals surface area (Å²) < 4.78 is 38.4. The van der Waals surface area contributed by atoms with Gasteiger partial charge in [0.2, 0.25) is 0 Å². The molecule has 0 N–H and O–H groups in total. The molecule has 2 aromatic heterocycles. The minimum Gasteiger partial charge on any atom is -0.488 e. The summed E-state index contributed by atoms with van der Waals surface area (Å²) in [5, 5.41) is 4.48. The van der Waals surface area contributed by atoms with E-state index in [9.17, 15) is 4.79 Å². The van der Waals surface area contributed by atoms with Gasteiger partial charge in [-0.1, -0.05) is 0 Å². The summed E-state index contributed by atoms with van der Waals surface area (Å²) in [7, 11) is 5.47. The second kappa shape index (κ2) is 7.66. The molecule has 3 heterocycles. The molecule has 2 aliphatic rings. The number of hydrogen-bond acceptors (Lipinski definition) is 4. The number of nitrogens with zero attached hydrogens (tertiary/aromatic N) is 4. The van der Waals surface area contributed by atoms with Crippen LogP contribution in [0.15, 0.2) is 48.8 Å². The highest BCUT2D eigenvalue weighted by atomic mass is 19.1. The molecule has 4 aromatic rings. The predicted molar refractivity (Wildman–Crippen MR) is 133 cm³/mol. The lowest BCUT2D eigenvalue weighted by atomic mass is 9.59. The number of carbonyl (C=O) groups excluding carboxylic acids is 1. The van der Waals surface area contributed by atoms with Gasteiger partial charge in [-0.15, -0.1) is 0 Å². The van der Waals surface area contributed by atoms with Crippen LogP contribution in [0.2, 0.25) is 0 Å². The summed E-state index contributed by atoms with van der Waals surface area (Å²) in [6.45, 7) is -0.198. The molecular weight excluding hydrogens is 448 g/mol. The molecule has 1 saturated carbocycles. The van der Waals surface area contributed by atoms with Gasteiger partial charge in [-0.25, -0.2) is 8.78 Å². The van der Waals surface area contributed by atoms with Crippen LogP contribution in [-0.2, 0) is 18.9 Å². The molecule has 10 heteroatoms. The van der Waals surface area contributed by atoms with Crippen LogP contribution >= 0.6 is 0 Å². The van der Waals surface area contributed by atoms with Gasteiger partial charge in [-0.3, -0.25) is 14.5 Å². The minimum absolute atomic E-state index is 0.154. The first kappa shape index (κ1) is 21.8. The van der Waals surface area contributed by atoms with Crippen molar-refractivity contribution in [3.63, 3.8) is 0 Å². The maximum absolute atomic E-state index is 15.4. The summed E-state index contributed by atoms with van der Waals surface area (Å²) in [5.41, 5.74) is 2.64. The van der Waals surface area contributed by atoms with Gasteiger partial charge in [-0.2, -0.15) is 5.10 Å². The van der Waals surface area contributed by atoms with E-state index < -0.39 is 17.0 Å². The number of amides is 1. The van der Waals surface area contributed by atoms with Crippen LogP contribution in [0.3, 0.4) is 0 Å². The largest absolute Gasteiger partial charge is 0.488 e. The van der Waals surface area contributed by atoms with Gasteiger partial charge in [0.15, 0.2) is 0 Å². The fourth-order valence-corrected chi connectivity index (χ4v) is 4.84. The molecule has 1 aliphatic heterocycles. The molecule has 0 unspecified atom stereocenters. The lowest BCUT2D eigenvalue weighted by Crippen LogP contribution is -2.45. The Bertz CT molecular complexity index is 1490. The lowest BCUT2D eigenvalue weighted by Gasteiger charge is -2.32. The molecule has 0 saturated heterocycles. The predicted octanol–water partition coefficient (Wildman–Crippen LogP) is 2.49. The molecule has 0 atom stereocenters. The number of halogens is 2. The van der Waals surface area contributed by atoms with E-state index >= 15 is 8.78 Å². The van der Waals surface area contributed by atoms with Crippen LogP contribution in [0.4, 0.5) is 8.78 Å². The first-order valence-corrected chi connectivity index (χ1v) is 11.6. The van der Waals surface area contributed by atoms with Crippen molar-refractivity contribution in [2.45, 2.75) is 30.8 Å². The Labute approximate surface area is 202 Å². The average molecular weight is 470 g/mol. The van der Waals surface area contributed by atoms with Gasteiger partial charge < -0.3 is 9.64 Å². The molecule has 1 aliphatic carbocycles. The quantitative estimate of drug-likeness (QED) is 0.421. The highest BCUT2D eigenvalue weighted by molar-refractivity contribution is 6.42. The van der Waals surface area contributed by atoms with Gasteiger partial charge in [0.05, 0.1) is 23.9 Å². The van der Waals surface area contributed by atoms with E-state index in [2.05, 4.69) is 10.1 Å². The Balaban J connectivity index is 1.37. The lowest BCUT2D eigenvalue weighted by molar-refractivity contribution is 0.0727. The molecule has 2 aromatic carbocycles. The van der Waals surface area contributed by atoms with Crippen LogP contribution < -0.4 is 4.74 Å². The van der Waals surface area contributed by atoms with Crippen molar-refractivity contribution in [3.05, 3.63) is 77.2 Å². The van der Waals surface area contributed by atoms with Crippen molar-refractivity contribution in [1.29, 1.82) is 0 Å². The van der Waals surface area contributed by atoms with Crippen molar-refractivity contribution in [1.82, 2.24) is 19.7 Å². The van der Waals surface area contributed by atoms with Gasteiger partial charge in [0.1, 0.15) is 38.6 Å². The van der Waals surface area contributed by atoms with Crippen molar-refractivity contribution >= 4 is 32.5 Å². The first-order valence-electron chi connectivity index (χ1n) is 11.6. The Morgan fingerprint density at radius 1 is 1.14 bits per heavy atom. The second-order valence-corrected chi connectivity index (χ2v) is 9.76. The number of carbonyl (C=O) groups is 1. The SMILES string of the molecule is BC1(B)c2ncccc2C(=O)N1Cc1c(F)cc(-c2ccc(OC3CC3)c3nn(C)cc23)cc1F. The number of aromatic nitrogens is 3. The molecule has 6 rings (SSSR count). The van der Waals surface area contributed by atoms with Gasteiger partial charge >= 0.3 is 0 Å². The van der Waals surface area contributed by atoms with E-state index in [0.29, 0.717) is 33.7 Å². The van der Waals surface area contributed by atoms with Gasteiger partial charge in [0.25, 0.3) is 5.91 Å². The zero-order valence-electron chi connectivity index (χ0n) is 19.7. The number of ether oxygens (including phenoxy) is 1. The minimum atomic E-state index is -0.787. The van der Waals surface area contributed by atoms with E-state index in [-0.39, 0.29) is 24.1 Å². The third-order valence-corrected chi connectivity index (χ3v) is 6.88. The number of pyridine rings is 1. The Hall–Kier alpha value is -3.68. The highest BCUT2D eigenvalue weighted by Gasteiger charge is 2.44. The van der Waals surface area contributed by atoms with Crippen LogP contribution in [0.5, 0.6) is 5.75 Å². The molecule has 0 radical (unpaired) electrons. The zero-order valence-corrected chi connectivity index (χ0v) is 19.7. The number of hydrogen-bond donors (Lipinski definition) is 0. The third-order valence-electron chi connectivity index (χ3n) is 6.88. The normalized spacial score (nSPS) is 16.7. The summed E-state index contributed by atoms with van der Waals surface area (Å²) in [5.74, 6) is -1.03. The molecule has 1 amide bonds.